The molecule has 0 unspecified atom stereocenters. The summed E-state index contributed by atoms with van der Waals surface area (Å²) in [5.74, 6) is 0.522. The Balaban J connectivity index is 1.83. The van der Waals surface area contributed by atoms with E-state index >= 15 is 0 Å². The molecule has 1 aliphatic heterocycles. The zero-order chi connectivity index (χ0) is 16.8. The van der Waals surface area contributed by atoms with Gasteiger partial charge in [-0.2, -0.15) is 0 Å². The lowest BCUT2D eigenvalue weighted by Gasteiger charge is -2.37. The highest BCUT2D eigenvalue weighted by molar-refractivity contribution is 6.29. The van der Waals surface area contributed by atoms with Gasteiger partial charge in [0.25, 0.3) is 0 Å². The van der Waals surface area contributed by atoms with E-state index in [9.17, 15) is 4.79 Å². The van der Waals surface area contributed by atoms with Gasteiger partial charge in [-0.05, 0) is 32.7 Å². The molecule has 1 saturated heterocycles. The van der Waals surface area contributed by atoms with E-state index in [1.165, 1.54) is 0 Å². The smallest absolute Gasteiger partial charge is 0.225 e. The van der Waals surface area contributed by atoms with Crippen molar-refractivity contribution in [1.82, 2.24) is 19.8 Å². The van der Waals surface area contributed by atoms with Crippen LogP contribution in [-0.2, 0) is 11.3 Å². The van der Waals surface area contributed by atoms with Crippen molar-refractivity contribution in [3.63, 3.8) is 0 Å². The van der Waals surface area contributed by atoms with E-state index in [0.29, 0.717) is 17.1 Å². The number of halogens is 1. The van der Waals surface area contributed by atoms with Gasteiger partial charge in [0, 0.05) is 31.6 Å². The van der Waals surface area contributed by atoms with E-state index in [4.69, 9.17) is 11.6 Å². The molecule has 1 fully saturated rings. The Morgan fingerprint density at radius 3 is 2.48 bits per heavy atom. The lowest BCUT2D eigenvalue weighted by molar-refractivity contribution is -0.137. The SMILES string of the molecule is CCC(CC)C(=O)N1CCC(N(C)Cc2cnc(Cl)cn2)CC1. The Bertz CT molecular complexity index is 496. The van der Waals surface area contributed by atoms with Crippen LogP contribution in [0.4, 0.5) is 0 Å². The minimum atomic E-state index is 0.189. The summed E-state index contributed by atoms with van der Waals surface area (Å²) in [5.41, 5.74) is 0.924. The van der Waals surface area contributed by atoms with Crippen molar-refractivity contribution in [3.8, 4) is 0 Å². The lowest BCUT2D eigenvalue weighted by Crippen LogP contribution is -2.47. The van der Waals surface area contributed by atoms with Crippen LogP contribution in [0.15, 0.2) is 12.4 Å². The second-order valence-corrected chi connectivity index (χ2v) is 6.70. The summed E-state index contributed by atoms with van der Waals surface area (Å²) >= 11 is 5.77. The molecule has 0 aliphatic carbocycles. The zero-order valence-corrected chi connectivity index (χ0v) is 15.1. The van der Waals surface area contributed by atoms with Crippen LogP contribution in [0, 0.1) is 5.92 Å². The summed E-state index contributed by atoms with van der Waals surface area (Å²) in [6, 6.07) is 0.484. The number of hydrogen-bond donors (Lipinski definition) is 0. The van der Waals surface area contributed by atoms with Crippen molar-refractivity contribution in [2.45, 2.75) is 52.1 Å². The first kappa shape index (κ1) is 18.1. The van der Waals surface area contributed by atoms with Crippen LogP contribution in [0.1, 0.15) is 45.2 Å². The number of rotatable bonds is 6. The van der Waals surface area contributed by atoms with E-state index in [2.05, 4.69) is 35.8 Å². The third-order valence-electron chi connectivity index (χ3n) is 4.82. The van der Waals surface area contributed by atoms with Crippen LogP contribution in [0.3, 0.4) is 0 Å². The van der Waals surface area contributed by atoms with Crippen molar-refractivity contribution >= 4 is 17.5 Å². The van der Waals surface area contributed by atoms with Crippen molar-refractivity contribution in [2.24, 2.45) is 5.92 Å². The Labute approximate surface area is 144 Å². The Morgan fingerprint density at radius 1 is 1.30 bits per heavy atom. The molecule has 5 nitrogen and oxygen atoms in total. The molecule has 6 heteroatoms. The Kier molecular flexibility index (Phi) is 6.78. The van der Waals surface area contributed by atoms with Crippen molar-refractivity contribution in [1.29, 1.82) is 0 Å². The number of carbonyl (C=O) groups excluding carboxylic acids is 1. The molecule has 0 atom stereocenters. The van der Waals surface area contributed by atoms with Crippen LogP contribution in [0.2, 0.25) is 5.15 Å². The van der Waals surface area contributed by atoms with Gasteiger partial charge in [-0.15, -0.1) is 0 Å². The minimum Gasteiger partial charge on any atom is -0.342 e. The summed E-state index contributed by atoms with van der Waals surface area (Å²) in [5, 5.41) is 0.421. The fraction of sp³-hybridized carbons (Fsp3) is 0.706. The molecule has 0 bridgehead atoms. The molecule has 1 aliphatic rings. The quantitative estimate of drug-likeness (QED) is 0.800. The van der Waals surface area contributed by atoms with Crippen LogP contribution in [-0.4, -0.2) is 51.9 Å². The van der Waals surface area contributed by atoms with Gasteiger partial charge in [-0.1, -0.05) is 25.4 Å². The zero-order valence-electron chi connectivity index (χ0n) is 14.3. The molecular weight excluding hydrogens is 312 g/mol. The first-order chi connectivity index (χ1) is 11.0. The molecule has 23 heavy (non-hydrogen) atoms. The topological polar surface area (TPSA) is 49.3 Å². The highest BCUT2D eigenvalue weighted by Crippen LogP contribution is 2.20. The number of amides is 1. The Morgan fingerprint density at radius 2 is 1.96 bits per heavy atom. The first-order valence-corrected chi connectivity index (χ1v) is 8.88. The molecule has 0 aromatic carbocycles. The molecule has 0 saturated carbocycles. The number of piperidine rings is 1. The molecule has 2 heterocycles. The van der Waals surface area contributed by atoms with Gasteiger partial charge < -0.3 is 4.90 Å². The number of hydrogen-bond acceptors (Lipinski definition) is 4. The van der Waals surface area contributed by atoms with E-state index in [1.807, 2.05) is 4.90 Å². The number of carbonyl (C=O) groups is 1. The predicted molar refractivity (Wildman–Crippen MR) is 92.2 cm³/mol. The summed E-state index contributed by atoms with van der Waals surface area (Å²) in [6.07, 6.45) is 7.22. The van der Waals surface area contributed by atoms with Gasteiger partial charge in [-0.3, -0.25) is 14.7 Å². The maximum atomic E-state index is 12.4. The molecule has 0 spiro atoms. The molecule has 0 N–H and O–H groups in total. The van der Waals surface area contributed by atoms with E-state index in [-0.39, 0.29) is 5.92 Å². The first-order valence-electron chi connectivity index (χ1n) is 8.50. The summed E-state index contributed by atoms with van der Waals surface area (Å²) < 4.78 is 0. The summed E-state index contributed by atoms with van der Waals surface area (Å²) in [4.78, 5) is 25.2. The number of aromatic nitrogens is 2. The average molecular weight is 339 g/mol. The number of likely N-dealkylation sites (tertiary alicyclic amines) is 1. The molecular formula is C17H27ClN4O. The largest absolute Gasteiger partial charge is 0.342 e. The molecule has 128 valence electrons. The maximum absolute atomic E-state index is 12.4. The second-order valence-electron chi connectivity index (χ2n) is 6.32. The molecule has 2 rings (SSSR count). The molecule has 1 aromatic heterocycles. The summed E-state index contributed by atoms with van der Waals surface area (Å²) in [6.45, 7) is 6.67. The fourth-order valence-corrected chi connectivity index (χ4v) is 3.33. The van der Waals surface area contributed by atoms with E-state index in [0.717, 1.165) is 51.0 Å². The fourth-order valence-electron chi connectivity index (χ4n) is 3.23. The maximum Gasteiger partial charge on any atom is 0.225 e. The van der Waals surface area contributed by atoms with Gasteiger partial charge in [0.2, 0.25) is 5.91 Å². The van der Waals surface area contributed by atoms with Crippen molar-refractivity contribution in [2.75, 3.05) is 20.1 Å². The van der Waals surface area contributed by atoms with Crippen LogP contribution in [0.25, 0.3) is 0 Å². The normalized spacial score (nSPS) is 16.3. The lowest BCUT2D eigenvalue weighted by atomic mass is 9.98. The third kappa shape index (κ3) is 4.88. The average Bonchev–Trinajstić information content (AvgIpc) is 2.58. The van der Waals surface area contributed by atoms with Gasteiger partial charge in [0.1, 0.15) is 5.15 Å². The van der Waals surface area contributed by atoms with E-state index < -0.39 is 0 Å². The highest BCUT2D eigenvalue weighted by Gasteiger charge is 2.28. The van der Waals surface area contributed by atoms with E-state index in [1.54, 1.807) is 12.4 Å². The highest BCUT2D eigenvalue weighted by atomic mass is 35.5. The molecule has 1 aromatic rings. The van der Waals surface area contributed by atoms with Gasteiger partial charge in [0.05, 0.1) is 18.1 Å². The van der Waals surface area contributed by atoms with Gasteiger partial charge in [-0.25, -0.2) is 4.98 Å². The monoisotopic (exact) mass is 338 g/mol. The van der Waals surface area contributed by atoms with Gasteiger partial charge >= 0.3 is 0 Å². The van der Waals surface area contributed by atoms with Crippen LogP contribution in [0.5, 0.6) is 0 Å². The van der Waals surface area contributed by atoms with Crippen molar-refractivity contribution in [3.05, 3.63) is 23.2 Å². The Hall–Kier alpha value is -1.20. The minimum absolute atomic E-state index is 0.189. The molecule has 1 amide bonds. The van der Waals surface area contributed by atoms with Crippen molar-refractivity contribution < 1.29 is 4.79 Å². The predicted octanol–water partition coefficient (Wildman–Crippen LogP) is 2.99. The second kappa shape index (κ2) is 8.60. The summed E-state index contributed by atoms with van der Waals surface area (Å²) in [7, 11) is 2.11. The van der Waals surface area contributed by atoms with Gasteiger partial charge in [0.15, 0.2) is 0 Å². The standard InChI is InChI=1S/C17H27ClN4O/c1-4-13(5-2)17(23)22-8-6-15(7-9-22)21(3)12-14-10-20-16(18)11-19-14/h10-11,13,15H,4-9,12H2,1-3H3. The molecule has 0 radical (unpaired) electrons. The van der Waals surface area contributed by atoms with Crippen LogP contribution >= 0.6 is 11.6 Å². The third-order valence-corrected chi connectivity index (χ3v) is 5.01. The van der Waals surface area contributed by atoms with Crippen LogP contribution < -0.4 is 0 Å². The number of nitrogens with zero attached hydrogens (tertiary/aromatic N) is 4.